The summed E-state index contributed by atoms with van der Waals surface area (Å²) in [5.74, 6) is 0.668. The molecule has 6 heteroatoms. The van der Waals surface area contributed by atoms with Crippen molar-refractivity contribution in [1.29, 1.82) is 0 Å². The molecule has 0 bridgehead atoms. The van der Waals surface area contributed by atoms with Crippen LogP contribution in [0, 0.1) is 0 Å². The third kappa shape index (κ3) is 4.28. The fourth-order valence-electron chi connectivity index (χ4n) is 2.70. The smallest absolute Gasteiger partial charge is 0.338 e. The molecule has 2 aromatic carbocycles. The maximum atomic E-state index is 12.5. The molecule has 0 unspecified atom stereocenters. The van der Waals surface area contributed by atoms with E-state index in [9.17, 15) is 9.59 Å². The molecular formula is C21H21NO5. The molecule has 1 N–H and O–H groups in total. The first-order valence-electron chi connectivity index (χ1n) is 8.80. The summed E-state index contributed by atoms with van der Waals surface area (Å²) in [6.45, 7) is 4.67. The molecule has 2 aromatic rings. The molecule has 1 amide bonds. The molecule has 140 valence electrons. The molecule has 0 aromatic heterocycles. The monoisotopic (exact) mass is 367 g/mol. The highest BCUT2D eigenvalue weighted by atomic mass is 16.5. The molecule has 0 atom stereocenters. The van der Waals surface area contributed by atoms with Crippen LogP contribution >= 0.6 is 0 Å². The zero-order valence-corrected chi connectivity index (χ0v) is 15.3. The lowest BCUT2D eigenvalue weighted by Crippen LogP contribution is -2.21. The van der Waals surface area contributed by atoms with Gasteiger partial charge in [-0.1, -0.05) is 12.1 Å². The second-order valence-corrected chi connectivity index (χ2v) is 5.82. The molecule has 27 heavy (non-hydrogen) atoms. The van der Waals surface area contributed by atoms with E-state index < -0.39 is 0 Å². The van der Waals surface area contributed by atoms with Crippen molar-refractivity contribution in [3.05, 3.63) is 59.2 Å². The average molecular weight is 367 g/mol. The zero-order valence-electron chi connectivity index (χ0n) is 15.3. The number of carbonyl (C=O) groups is 2. The minimum Gasteiger partial charge on any atom is -0.490 e. The molecule has 0 saturated carbocycles. The summed E-state index contributed by atoms with van der Waals surface area (Å²) in [5, 5.41) is 2.81. The summed E-state index contributed by atoms with van der Waals surface area (Å²) in [7, 11) is 0. The number of hydrogen-bond donors (Lipinski definition) is 1. The number of carbonyl (C=O) groups excluding carboxylic acids is 2. The van der Waals surface area contributed by atoms with Crippen molar-refractivity contribution in [2.24, 2.45) is 0 Å². The summed E-state index contributed by atoms with van der Waals surface area (Å²) in [6.07, 6.45) is 1.80. The third-order valence-electron chi connectivity index (χ3n) is 3.96. The van der Waals surface area contributed by atoms with Gasteiger partial charge in [-0.3, -0.25) is 4.79 Å². The molecule has 3 rings (SSSR count). The topological polar surface area (TPSA) is 73.9 Å². The Morgan fingerprint density at radius 1 is 1.07 bits per heavy atom. The van der Waals surface area contributed by atoms with Gasteiger partial charge in [0.05, 0.1) is 24.4 Å². The molecule has 0 aliphatic carbocycles. The van der Waals surface area contributed by atoms with Crippen LogP contribution in [0.2, 0.25) is 0 Å². The number of hydrogen-bond acceptors (Lipinski definition) is 5. The van der Waals surface area contributed by atoms with E-state index in [0.29, 0.717) is 41.5 Å². The van der Waals surface area contributed by atoms with Gasteiger partial charge in [0.1, 0.15) is 6.61 Å². The summed E-state index contributed by atoms with van der Waals surface area (Å²) in [4.78, 5) is 24.2. The van der Waals surface area contributed by atoms with E-state index in [0.717, 1.165) is 5.56 Å². The lowest BCUT2D eigenvalue weighted by molar-refractivity contribution is -0.113. The first kappa shape index (κ1) is 18.5. The van der Waals surface area contributed by atoms with Gasteiger partial charge in [-0.25, -0.2) is 4.79 Å². The molecule has 6 nitrogen and oxygen atoms in total. The van der Waals surface area contributed by atoms with Gasteiger partial charge in [-0.2, -0.15) is 0 Å². The van der Waals surface area contributed by atoms with Crippen LogP contribution in [0.3, 0.4) is 0 Å². The van der Waals surface area contributed by atoms with Gasteiger partial charge in [-0.15, -0.1) is 0 Å². The Bertz CT molecular complexity index is 871. The lowest BCUT2D eigenvalue weighted by Gasteiger charge is -2.20. The minimum atomic E-state index is -0.388. The first-order valence-corrected chi connectivity index (χ1v) is 8.80. The van der Waals surface area contributed by atoms with E-state index in [4.69, 9.17) is 14.2 Å². The molecule has 0 fully saturated rings. The van der Waals surface area contributed by atoms with Gasteiger partial charge in [0.2, 0.25) is 0 Å². The number of rotatable bonds is 6. The second-order valence-electron chi connectivity index (χ2n) is 5.82. The number of nitrogens with one attached hydrogen (secondary N) is 1. The molecule has 1 heterocycles. The maximum Gasteiger partial charge on any atom is 0.338 e. The fraction of sp³-hybridized carbons (Fsp3) is 0.238. The van der Waals surface area contributed by atoms with Crippen LogP contribution in [-0.2, 0) is 9.53 Å². The van der Waals surface area contributed by atoms with Gasteiger partial charge >= 0.3 is 5.97 Å². The number of anilines is 1. The molecule has 0 spiro atoms. The summed E-state index contributed by atoms with van der Waals surface area (Å²) < 4.78 is 16.2. The summed E-state index contributed by atoms with van der Waals surface area (Å²) in [6, 6.07) is 12.1. The van der Waals surface area contributed by atoms with E-state index in [1.54, 1.807) is 37.3 Å². The van der Waals surface area contributed by atoms with E-state index in [2.05, 4.69) is 5.32 Å². The van der Waals surface area contributed by atoms with Crippen molar-refractivity contribution in [1.82, 2.24) is 0 Å². The van der Waals surface area contributed by atoms with Crippen LogP contribution in [-0.4, -0.2) is 31.7 Å². The number of para-hydroxylation sites is 1. The van der Waals surface area contributed by atoms with Crippen molar-refractivity contribution < 1.29 is 23.8 Å². The van der Waals surface area contributed by atoms with Crippen LogP contribution in [0.25, 0.3) is 6.08 Å². The summed E-state index contributed by atoms with van der Waals surface area (Å²) in [5.41, 5.74) is 2.33. The van der Waals surface area contributed by atoms with Crippen LogP contribution in [0.4, 0.5) is 5.69 Å². The van der Waals surface area contributed by atoms with Gasteiger partial charge in [0.25, 0.3) is 5.91 Å². The van der Waals surface area contributed by atoms with Crippen molar-refractivity contribution in [3.63, 3.8) is 0 Å². The predicted octanol–water partition coefficient (Wildman–Crippen LogP) is 3.68. The number of benzene rings is 2. The van der Waals surface area contributed by atoms with Crippen LogP contribution in [0.1, 0.15) is 29.8 Å². The number of ether oxygens (including phenoxy) is 3. The Morgan fingerprint density at radius 3 is 2.56 bits per heavy atom. The van der Waals surface area contributed by atoms with Crippen molar-refractivity contribution >= 4 is 23.6 Å². The molecule has 0 radical (unpaired) electrons. The number of amides is 1. The number of fused-ring (bicyclic) bond motifs is 1. The highest BCUT2D eigenvalue weighted by molar-refractivity contribution is 6.07. The quantitative estimate of drug-likeness (QED) is 0.789. The lowest BCUT2D eigenvalue weighted by atomic mass is 10.1. The molecular weight excluding hydrogens is 346 g/mol. The largest absolute Gasteiger partial charge is 0.490 e. The minimum absolute atomic E-state index is 0.157. The first-order chi connectivity index (χ1) is 13.1. The average Bonchev–Trinajstić information content (AvgIpc) is 2.69. The van der Waals surface area contributed by atoms with Gasteiger partial charge in [0, 0.05) is 11.3 Å². The van der Waals surface area contributed by atoms with E-state index in [1.165, 1.54) is 0 Å². The highest BCUT2D eigenvalue weighted by Crippen LogP contribution is 2.35. The zero-order chi connectivity index (χ0) is 19.2. The highest BCUT2D eigenvalue weighted by Gasteiger charge is 2.20. The Hall–Kier alpha value is -3.28. The van der Waals surface area contributed by atoms with Crippen LogP contribution in [0.5, 0.6) is 11.5 Å². The van der Waals surface area contributed by atoms with Gasteiger partial charge in [-0.05, 0) is 50.3 Å². The molecule has 1 aliphatic rings. The maximum absolute atomic E-state index is 12.5. The van der Waals surface area contributed by atoms with Crippen molar-refractivity contribution in [3.8, 4) is 11.5 Å². The van der Waals surface area contributed by atoms with E-state index in [-0.39, 0.29) is 18.5 Å². The van der Waals surface area contributed by atoms with E-state index in [1.807, 2.05) is 25.1 Å². The standard InChI is InChI=1S/C21H21NO5/c1-3-25-18-7-5-6-15-12-16(13-27-19(15)18)20(23)22-17-10-8-14(9-11-17)21(24)26-4-2/h5-12H,3-4,13H2,1-2H3,(H,22,23). The molecule has 0 saturated heterocycles. The summed E-state index contributed by atoms with van der Waals surface area (Å²) >= 11 is 0. The number of esters is 1. The Kier molecular flexibility index (Phi) is 5.76. The molecule has 1 aliphatic heterocycles. The second kappa shape index (κ2) is 8.40. The van der Waals surface area contributed by atoms with Crippen molar-refractivity contribution in [2.45, 2.75) is 13.8 Å². The normalized spacial score (nSPS) is 12.3. The van der Waals surface area contributed by atoms with Gasteiger partial charge in [0.15, 0.2) is 11.5 Å². The SMILES string of the molecule is CCOC(=O)c1ccc(NC(=O)C2=Cc3cccc(OCC)c3OC2)cc1. The van der Waals surface area contributed by atoms with E-state index >= 15 is 0 Å². The van der Waals surface area contributed by atoms with Gasteiger partial charge < -0.3 is 19.5 Å². The fourth-order valence-corrected chi connectivity index (χ4v) is 2.70. The Balaban J connectivity index is 1.72. The Labute approximate surface area is 157 Å². The Morgan fingerprint density at radius 2 is 1.85 bits per heavy atom. The third-order valence-corrected chi connectivity index (χ3v) is 3.96. The van der Waals surface area contributed by atoms with Crippen LogP contribution in [0.15, 0.2) is 48.0 Å². The van der Waals surface area contributed by atoms with Crippen molar-refractivity contribution in [2.75, 3.05) is 25.1 Å². The predicted molar refractivity (Wildman–Crippen MR) is 102 cm³/mol. The van der Waals surface area contributed by atoms with Crippen LogP contribution < -0.4 is 14.8 Å².